The molecule has 0 fully saturated rings. The van der Waals surface area contributed by atoms with Crippen molar-refractivity contribution in [1.29, 1.82) is 0 Å². The second kappa shape index (κ2) is 5.46. The van der Waals surface area contributed by atoms with Crippen molar-refractivity contribution >= 4 is 11.6 Å². The number of carbonyl (C=O) groups excluding carboxylic acids is 1. The van der Waals surface area contributed by atoms with Crippen molar-refractivity contribution in [3.05, 3.63) is 29.6 Å². The predicted octanol–water partition coefficient (Wildman–Crippen LogP) is 2.82. The first-order valence-corrected chi connectivity index (χ1v) is 5.54. The maximum absolute atomic E-state index is 13.1. The molecule has 0 bridgehead atoms. The van der Waals surface area contributed by atoms with E-state index in [1.807, 2.05) is 0 Å². The first kappa shape index (κ1) is 15.3. The topological polar surface area (TPSA) is 46.3 Å². The summed E-state index contributed by atoms with van der Waals surface area (Å²) in [5.41, 5.74) is 5.15. The van der Waals surface area contributed by atoms with E-state index < -0.39 is 30.5 Å². The highest BCUT2D eigenvalue weighted by Crippen LogP contribution is 2.21. The van der Waals surface area contributed by atoms with Gasteiger partial charge in [0, 0.05) is 17.3 Å². The number of hydrogen-bond acceptors (Lipinski definition) is 2. The van der Waals surface area contributed by atoms with E-state index in [0.717, 1.165) is 18.2 Å². The molecule has 19 heavy (non-hydrogen) atoms. The number of carbonyl (C=O) groups is 1. The summed E-state index contributed by atoms with van der Waals surface area (Å²) in [7, 11) is 0. The molecule has 0 aliphatic rings. The van der Waals surface area contributed by atoms with Crippen molar-refractivity contribution in [2.75, 3.05) is 12.3 Å². The molecule has 106 valence electrons. The summed E-state index contributed by atoms with van der Waals surface area (Å²) >= 11 is 0. The minimum Gasteiger partial charge on any atom is -0.399 e. The van der Waals surface area contributed by atoms with E-state index >= 15 is 0 Å². The number of anilines is 1. The van der Waals surface area contributed by atoms with E-state index in [9.17, 15) is 22.4 Å². The summed E-state index contributed by atoms with van der Waals surface area (Å²) in [4.78, 5) is 12.6. The van der Waals surface area contributed by atoms with E-state index in [1.54, 1.807) is 0 Å². The van der Waals surface area contributed by atoms with Crippen LogP contribution in [-0.4, -0.2) is 29.6 Å². The molecule has 0 saturated heterocycles. The van der Waals surface area contributed by atoms with Gasteiger partial charge in [-0.25, -0.2) is 4.39 Å². The lowest BCUT2D eigenvalue weighted by molar-refractivity contribution is -0.143. The highest BCUT2D eigenvalue weighted by Gasteiger charge is 2.34. The molecule has 7 heteroatoms. The number of alkyl halides is 3. The van der Waals surface area contributed by atoms with Crippen molar-refractivity contribution in [2.24, 2.45) is 0 Å². The minimum absolute atomic E-state index is 0.0148. The summed E-state index contributed by atoms with van der Waals surface area (Å²) in [5.74, 6) is -1.67. The summed E-state index contributed by atoms with van der Waals surface area (Å²) in [5, 5.41) is 0. The first-order valence-electron chi connectivity index (χ1n) is 5.54. The molecule has 0 aromatic heterocycles. The SMILES string of the molecule is CC(C)N(CC(F)(F)F)C(=O)c1cc(N)cc(F)c1. The summed E-state index contributed by atoms with van der Waals surface area (Å²) in [6, 6.07) is 2.33. The van der Waals surface area contributed by atoms with Gasteiger partial charge >= 0.3 is 6.18 Å². The monoisotopic (exact) mass is 278 g/mol. The number of nitrogens with two attached hydrogens (primary N) is 1. The molecule has 0 atom stereocenters. The van der Waals surface area contributed by atoms with Gasteiger partial charge in [-0.15, -0.1) is 0 Å². The minimum atomic E-state index is -4.52. The van der Waals surface area contributed by atoms with E-state index in [1.165, 1.54) is 13.8 Å². The Balaban J connectivity index is 3.06. The number of rotatable bonds is 3. The largest absolute Gasteiger partial charge is 0.406 e. The Morgan fingerprint density at radius 2 is 1.89 bits per heavy atom. The van der Waals surface area contributed by atoms with E-state index in [-0.39, 0.29) is 11.3 Å². The zero-order chi connectivity index (χ0) is 14.8. The smallest absolute Gasteiger partial charge is 0.399 e. The number of amides is 1. The van der Waals surface area contributed by atoms with E-state index in [0.29, 0.717) is 4.90 Å². The van der Waals surface area contributed by atoms with Gasteiger partial charge in [0.15, 0.2) is 0 Å². The number of hydrogen-bond donors (Lipinski definition) is 1. The average molecular weight is 278 g/mol. The van der Waals surface area contributed by atoms with Gasteiger partial charge in [0.05, 0.1) is 0 Å². The molecule has 0 radical (unpaired) electrons. The van der Waals surface area contributed by atoms with Crippen molar-refractivity contribution < 1.29 is 22.4 Å². The average Bonchev–Trinajstić information content (AvgIpc) is 2.22. The van der Waals surface area contributed by atoms with Gasteiger partial charge in [0.1, 0.15) is 12.4 Å². The van der Waals surface area contributed by atoms with Crippen LogP contribution in [0.3, 0.4) is 0 Å². The normalized spacial score (nSPS) is 11.7. The van der Waals surface area contributed by atoms with Gasteiger partial charge in [-0.05, 0) is 32.0 Å². The lowest BCUT2D eigenvalue weighted by Crippen LogP contribution is -2.43. The Labute approximate surface area is 108 Å². The number of nitrogen functional groups attached to an aromatic ring is 1. The van der Waals surface area contributed by atoms with Crippen LogP contribution in [0.15, 0.2) is 18.2 Å². The number of halogens is 4. The number of benzene rings is 1. The fraction of sp³-hybridized carbons (Fsp3) is 0.417. The molecule has 1 amide bonds. The fourth-order valence-electron chi connectivity index (χ4n) is 1.58. The zero-order valence-electron chi connectivity index (χ0n) is 10.5. The maximum atomic E-state index is 13.1. The molecule has 2 N–H and O–H groups in total. The molecule has 0 saturated carbocycles. The summed E-state index contributed by atoms with van der Waals surface area (Å²) < 4.78 is 50.3. The molecule has 1 aromatic rings. The summed E-state index contributed by atoms with van der Waals surface area (Å²) in [6.45, 7) is 1.51. The molecule has 1 rings (SSSR count). The third kappa shape index (κ3) is 4.42. The molecular formula is C12H14F4N2O. The Morgan fingerprint density at radius 1 is 1.32 bits per heavy atom. The second-order valence-corrected chi connectivity index (χ2v) is 4.42. The third-order valence-corrected chi connectivity index (χ3v) is 2.40. The van der Waals surface area contributed by atoms with Crippen LogP contribution in [0.4, 0.5) is 23.2 Å². The quantitative estimate of drug-likeness (QED) is 0.682. The molecular weight excluding hydrogens is 264 g/mol. The Kier molecular flexibility index (Phi) is 4.39. The molecule has 0 unspecified atom stereocenters. The highest BCUT2D eigenvalue weighted by atomic mass is 19.4. The van der Waals surface area contributed by atoms with Gasteiger partial charge < -0.3 is 10.6 Å². The molecule has 1 aromatic carbocycles. The Hall–Kier alpha value is -1.79. The van der Waals surface area contributed by atoms with Crippen LogP contribution in [0.25, 0.3) is 0 Å². The number of nitrogens with zero attached hydrogens (tertiary/aromatic N) is 1. The Bertz CT molecular complexity index is 451. The van der Waals surface area contributed by atoms with Crippen molar-refractivity contribution in [2.45, 2.75) is 26.1 Å². The molecule has 0 heterocycles. The third-order valence-electron chi connectivity index (χ3n) is 2.40. The predicted molar refractivity (Wildman–Crippen MR) is 63.0 cm³/mol. The van der Waals surface area contributed by atoms with E-state index in [4.69, 9.17) is 5.73 Å². The first-order chi connectivity index (χ1) is 8.60. The molecule has 3 nitrogen and oxygen atoms in total. The summed E-state index contributed by atoms with van der Waals surface area (Å²) in [6.07, 6.45) is -4.52. The van der Waals surface area contributed by atoms with Crippen LogP contribution in [0, 0.1) is 5.82 Å². The highest BCUT2D eigenvalue weighted by molar-refractivity contribution is 5.95. The van der Waals surface area contributed by atoms with Gasteiger partial charge in [0.25, 0.3) is 5.91 Å². The fourth-order valence-corrected chi connectivity index (χ4v) is 1.58. The molecule has 0 spiro atoms. The maximum Gasteiger partial charge on any atom is 0.406 e. The van der Waals surface area contributed by atoms with Gasteiger partial charge in [-0.3, -0.25) is 4.79 Å². The van der Waals surface area contributed by atoms with E-state index in [2.05, 4.69) is 0 Å². The Morgan fingerprint density at radius 3 is 2.32 bits per heavy atom. The molecule has 0 aliphatic carbocycles. The zero-order valence-corrected chi connectivity index (χ0v) is 10.5. The van der Waals surface area contributed by atoms with Crippen molar-refractivity contribution in [3.8, 4) is 0 Å². The van der Waals surface area contributed by atoms with Gasteiger partial charge in [0.2, 0.25) is 0 Å². The van der Waals surface area contributed by atoms with Gasteiger partial charge in [-0.1, -0.05) is 0 Å². The lowest BCUT2D eigenvalue weighted by atomic mass is 10.1. The van der Waals surface area contributed by atoms with Crippen molar-refractivity contribution in [1.82, 2.24) is 4.90 Å². The van der Waals surface area contributed by atoms with Crippen molar-refractivity contribution in [3.63, 3.8) is 0 Å². The van der Waals surface area contributed by atoms with Crippen LogP contribution in [-0.2, 0) is 0 Å². The molecule has 0 aliphatic heterocycles. The standard InChI is InChI=1S/C12H14F4N2O/c1-7(2)18(6-12(14,15)16)11(19)8-3-9(13)5-10(17)4-8/h3-5,7H,6,17H2,1-2H3. The second-order valence-electron chi connectivity index (χ2n) is 4.42. The van der Waals surface area contributed by atoms with Crippen LogP contribution in [0.5, 0.6) is 0 Å². The van der Waals surface area contributed by atoms with Crippen LogP contribution in [0.1, 0.15) is 24.2 Å². The lowest BCUT2D eigenvalue weighted by Gasteiger charge is -2.27. The van der Waals surface area contributed by atoms with Gasteiger partial charge in [-0.2, -0.15) is 13.2 Å². The van der Waals surface area contributed by atoms with Crippen LogP contribution < -0.4 is 5.73 Å². The van der Waals surface area contributed by atoms with Crippen LogP contribution >= 0.6 is 0 Å². The van der Waals surface area contributed by atoms with Crippen LogP contribution in [0.2, 0.25) is 0 Å².